The van der Waals surface area contributed by atoms with E-state index in [0.717, 1.165) is 27.3 Å². The Balaban J connectivity index is 1.57. The third-order valence-corrected chi connectivity index (χ3v) is 4.58. The van der Waals surface area contributed by atoms with Crippen LogP contribution in [0.5, 0.6) is 0 Å². The Morgan fingerprint density at radius 3 is 2.79 bits per heavy atom. The Labute approximate surface area is 143 Å². The van der Waals surface area contributed by atoms with Crippen molar-refractivity contribution >= 4 is 28.7 Å². The summed E-state index contributed by atoms with van der Waals surface area (Å²) in [6, 6.07) is 12.0. The molecule has 1 amide bonds. The molecule has 124 valence electrons. The summed E-state index contributed by atoms with van der Waals surface area (Å²) in [7, 11) is 0. The third-order valence-electron chi connectivity index (χ3n) is 3.70. The van der Waals surface area contributed by atoms with Crippen molar-refractivity contribution < 1.29 is 9.18 Å². The lowest BCUT2D eigenvalue weighted by Gasteiger charge is -2.13. The Hall–Kier alpha value is -2.34. The average molecular weight is 343 g/mol. The van der Waals surface area contributed by atoms with Gasteiger partial charge in [0.05, 0.1) is 22.8 Å². The molecule has 2 N–H and O–H groups in total. The SMILES string of the molecule is Cc1ccc2nc(SCC(=O)N[C@@H](C)c3ccc(F)cc3)[nH]c2c1. The van der Waals surface area contributed by atoms with Gasteiger partial charge in [-0.1, -0.05) is 30.0 Å². The first kappa shape index (κ1) is 16.5. The summed E-state index contributed by atoms with van der Waals surface area (Å²) in [4.78, 5) is 19.8. The summed E-state index contributed by atoms with van der Waals surface area (Å²) in [5.74, 6) is -0.105. The quantitative estimate of drug-likeness (QED) is 0.689. The van der Waals surface area contributed by atoms with Gasteiger partial charge >= 0.3 is 0 Å². The van der Waals surface area contributed by atoms with E-state index < -0.39 is 0 Å². The number of rotatable bonds is 5. The molecule has 3 aromatic rings. The van der Waals surface area contributed by atoms with E-state index in [1.807, 2.05) is 32.0 Å². The Bertz CT molecular complexity index is 860. The number of hydrogen-bond acceptors (Lipinski definition) is 3. The predicted molar refractivity (Wildman–Crippen MR) is 94.5 cm³/mol. The number of nitrogens with one attached hydrogen (secondary N) is 2. The molecule has 0 spiro atoms. The maximum absolute atomic E-state index is 12.9. The van der Waals surface area contributed by atoms with Crippen molar-refractivity contribution in [1.29, 1.82) is 0 Å². The van der Waals surface area contributed by atoms with Crippen LogP contribution in [-0.4, -0.2) is 21.6 Å². The van der Waals surface area contributed by atoms with Crippen LogP contribution in [0.3, 0.4) is 0 Å². The molecule has 1 atom stereocenters. The maximum Gasteiger partial charge on any atom is 0.230 e. The molecule has 3 rings (SSSR count). The second-order valence-corrected chi connectivity index (χ2v) is 6.66. The molecule has 1 heterocycles. The molecule has 6 heteroatoms. The number of aromatic amines is 1. The van der Waals surface area contributed by atoms with Crippen molar-refractivity contribution in [3.8, 4) is 0 Å². The number of H-pyrrole nitrogens is 1. The van der Waals surface area contributed by atoms with E-state index in [9.17, 15) is 9.18 Å². The lowest BCUT2D eigenvalue weighted by atomic mass is 10.1. The number of amides is 1. The molecule has 2 aromatic carbocycles. The first-order valence-electron chi connectivity index (χ1n) is 7.65. The number of aryl methyl sites for hydroxylation is 1. The number of aromatic nitrogens is 2. The van der Waals surface area contributed by atoms with Gasteiger partial charge in [-0.2, -0.15) is 0 Å². The minimum absolute atomic E-state index is 0.0894. The summed E-state index contributed by atoms with van der Waals surface area (Å²) in [6.07, 6.45) is 0. The summed E-state index contributed by atoms with van der Waals surface area (Å²) in [5, 5.41) is 3.63. The van der Waals surface area contributed by atoms with Gasteiger partial charge in [0, 0.05) is 0 Å². The van der Waals surface area contributed by atoms with E-state index in [1.165, 1.54) is 23.9 Å². The number of carbonyl (C=O) groups is 1. The van der Waals surface area contributed by atoms with Gasteiger partial charge in [-0.25, -0.2) is 9.37 Å². The number of nitrogens with zero attached hydrogens (tertiary/aromatic N) is 1. The molecule has 24 heavy (non-hydrogen) atoms. The molecule has 0 aliphatic heterocycles. The van der Waals surface area contributed by atoms with Gasteiger partial charge in [0.25, 0.3) is 0 Å². The highest BCUT2D eigenvalue weighted by molar-refractivity contribution is 7.99. The molecule has 4 nitrogen and oxygen atoms in total. The summed E-state index contributed by atoms with van der Waals surface area (Å²) < 4.78 is 12.9. The lowest BCUT2D eigenvalue weighted by Crippen LogP contribution is -2.28. The summed E-state index contributed by atoms with van der Waals surface area (Å²) >= 11 is 1.36. The van der Waals surface area contributed by atoms with Crippen LogP contribution in [0.15, 0.2) is 47.6 Å². The number of hydrogen-bond donors (Lipinski definition) is 2. The van der Waals surface area contributed by atoms with Gasteiger partial charge in [-0.05, 0) is 49.2 Å². The predicted octanol–water partition coefficient (Wildman–Crippen LogP) is 3.98. The van der Waals surface area contributed by atoms with Gasteiger partial charge in [-0.15, -0.1) is 0 Å². The molecule has 0 saturated heterocycles. The number of halogens is 1. The maximum atomic E-state index is 12.9. The lowest BCUT2D eigenvalue weighted by molar-refractivity contribution is -0.119. The summed E-state index contributed by atoms with van der Waals surface area (Å²) in [6.45, 7) is 3.90. The molecule has 0 fully saturated rings. The second-order valence-electron chi connectivity index (χ2n) is 5.69. The van der Waals surface area contributed by atoms with Crippen molar-refractivity contribution in [1.82, 2.24) is 15.3 Å². The van der Waals surface area contributed by atoms with Gasteiger partial charge in [0.1, 0.15) is 5.82 Å². The van der Waals surface area contributed by atoms with Gasteiger partial charge < -0.3 is 10.3 Å². The van der Waals surface area contributed by atoms with Gasteiger partial charge in [0.2, 0.25) is 5.91 Å². The fourth-order valence-corrected chi connectivity index (χ4v) is 3.12. The van der Waals surface area contributed by atoms with E-state index in [2.05, 4.69) is 15.3 Å². The van der Waals surface area contributed by atoms with E-state index in [-0.39, 0.29) is 23.5 Å². The Morgan fingerprint density at radius 1 is 1.29 bits per heavy atom. The number of carbonyl (C=O) groups excluding carboxylic acids is 1. The Morgan fingerprint density at radius 2 is 2.04 bits per heavy atom. The van der Waals surface area contributed by atoms with Crippen LogP contribution >= 0.6 is 11.8 Å². The first-order valence-corrected chi connectivity index (χ1v) is 8.64. The highest BCUT2D eigenvalue weighted by atomic mass is 32.2. The molecule has 0 saturated carbocycles. The zero-order chi connectivity index (χ0) is 17.1. The van der Waals surface area contributed by atoms with Crippen molar-refractivity contribution in [2.24, 2.45) is 0 Å². The highest BCUT2D eigenvalue weighted by Gasteiger charge is 2.11. The van der Waals surface area contributed by atoms with Crippen molar-refractivity contribution in [3.05, 3.63) is 59.4 Å². The topological polar surface area (TPSA) is 57.8 Å². The largest absolute Gasteiger partial charge is 0.349 e. The smallest absolute Gasteiger partial charge is 0.230 e. The van der Waals surface area contributed by atoms with Crippen LogP contribution in [-0.2, 0) is 4.79 Å². The van der Waals surface area contributed by atoms with Crippen LogP contribution in [0.1, 0.15) is 24.1 Å². The minimum atomic E-state index is -0.284. The van der Waals surface area contributed by atoms with Crippen molar-refractivity contribution in [3.63, 3.8) is 0 Å². The molecule has 0 radical (unpaired) electrons. The fraction of sp³-hybridized carbons (Fsp3) is 0.222. The molecule has 0 unspecified atom stereocenters. The number of imidazole rings is 1. The molecule has 1 aromatic heterocycles. The monoisotopic (exact) mass is 343 g/mol. The minimum Gasteiger partial charge on any atom is -0.349 e. The highest BCUT2D eigenvalue weighted by Crippen LogP contribution is 2.20. The van der Waals surface area contributed by atoms with Crippen molar-refractivity contribution in [2.75, 3.05) is 5.75 Å². The van der Waals surface area contributed by atoms with E-state index in [1.54, 1.807) is 12.1 Å². The first-order chi connectivity index (χ1) is 11.5. The number of thioether (sulfide) groups is 1. The molecular weight excluding hydrogens is 325 g/mol. The number of fused-ring (bicyclic) bond motifs is 1. The number of benzene rings is 2. The molecule has 0 aliphatic rings. The normalized spacial score (nSPS) is 12.3. The Kier molecular flexibility index (Phi) is 4.85. The standard InChI is InChI=1S/C18H18FN3OS/c1-11-3-8-15-16(9-11)22-18(21-15)24-10-17(23)20-12(2)13-4-6-14(19)7-5-13/h3-9,12H,10H2,1-2H3,(H,20,23)(H,21,22)/t12-/m0/s1. The van der Waals surface area contributed by atoms with Crippen LogP contribution in [0, 0.1) is 12.7 Å². The van der Waals surface area contributed by atoms with Crippen LogP contribution in [0.4, 0.5) is 4.39 Å². The molecule has 0 aliphatic carbocycles. The van der Waals surface area contributed by atoms with Crippen LogP contribution < -0.4 is 5.32 Å². The van der Waals surface area contributed by atoms with Gasteiger partial charge in [-0.3, -0.25) is 4.79 Å². The molecular formula is C18H18FN3OS. The van der Waals surface area contributed by atoms with E-state index >= 15 is 0 Å². The van der Waals surface area contributed by atoms with E-state index in [4.69, 9.17) is 0 Å². The van der Waals surface area contributed by atoms with Crippen LogP contribution in [0.25, 0.3) is 11.0 Å². The van der Waals surface area contributed by atoms with Crippen molar-refractivity contribution in [2.45, 2.75) is 25.0 Å². The summed E-state index contributed by atoms with van der Waals surface area (Å²) in [5.41, 5.74) is 3.89. The molecule has 0 bridgehead atoms. The van der Waals surface area contributed by atoms with E-state index in [0.29, 0.717) is 0 Å². The van der Waals surface area contributed by atoms with Crippen LogP contribution in [0.2, 0.25) is 0 Å². The van der Waals surface area contributed by atoms with Gasteiger partial charge in [0.15, 0.2) is 5.16 Å². The second kappa shape index (κ2) is 7.05. The zero-order valence-corrected chi connectivity index (χ0v) is 14.3. The average Bonchev–Trinajstić information content (AvgIpc) is 2.95. The fourth-order valence-electron chi connectivity index (χ4n) is 2.42. The zero-order valence-electron chi connectivity index (χ0n) is 13.5. The third kappa shape index (κ3) is 3.94.